The Morgan fingerprint density at radius 1 is 1.17 bits per heavy atom. The molecule has 0 saturated carbocycles. The Morgan fingerprint density at radius 2 is 1.94 bits per heavy atom. The Kier molecular flexibility index (Phi) is 3.45. The Balaban J connectivity index is 2.55. The van der Waals surface area contributed by atoms with Crippen molar-refractivity contribution in [2.24, 2.45) is 0 Å². The number of hydrogen-bond acceptors (Lipinski definition) is 3. The molecule has 0 aliphatic rings. The zero-order valence-corrected chi connectivity index (χ0v) is 9.54. The molecule has 1 aromatic carbocycles. The van der Waals surface area contributed by atoms with Crippen molar-refractivity contribution in [1.29, 1.82) is 0 Å². The molecule has 2 rings (SSSR count). The number of hydrogen-bond donors (Lipinski definition) is 1. The van der Waals surface area contributed by atoms with E-state index in [0.29, 0.717) is 6.54 Å². The van der Waals surface area contributed by atoms with Crippen molar-refractivity contribution in [3.63, 3.8) is 0 Å². The van der Waals surface area contributed by atoms with Gasteiger partial charge in [0, 0.05) is 12.1 Å². The monoisotopic (exact) mass is 253 g/mol. The minimum absolute atomic E-state index is 0.164. The number of rotatable bonds is 3. The topological polar surface area (TPSA) is 37.8 Å². The summed E-state index contributed by atoms with van der Waals surface area (Å²) in [6, 6.07) is 2.79. The van der Waals surface area contributed by atoms with Gasteiger partial charge >= 0.3 is 0 Å². The van der Waals surface area contributed by atoms with Crippen LogP contribution in [0.5, 0.6) is 0 Å². The average Bonchev–Trinajstić information content (AvgIpc) is 2.35. The molecule has 0 spiro atoms. The Morgan fingerprint density at radius 3 is 2.67 bits per heavy atom. The van der Waals surface area contributed by atoms with Crippen molar-refractivity contribution in [1.82, 2.24) is 9.97 Å². The maximum atomic E-state index is 13.6. The molecule has 0 atom stereocenters. The Hall–Kier alpha value is -2.11. The molecule has 0 fully saturated rings. The van der Waals surface area contributed by atoms with E-state index in [1.807, 2.05) is 6.92 Å². The lowest BCUT2D eigenvalue weighted by atomic mass is 10.1. The van der Waals surface area contributed by atoms with Gasteiger partial charge in [0.25, 0.3) is 0 Å². The lowest BCUT2D eigenvalue weighted by molar-refractivity contribution is 0.593. The maximum Gasteiger partial charge on any atom is 0.223 e. The number of nitrogens with zero attached hydrogens (tertiary/aromatic N) is 2. The first-order valence-corrected chi connectivity index (χ1v) is 5.33. The number of anilines is 1. The molecule has 0 saturated heterocycles. The lowest BCUT2D eigenvalue weighted by Crippen LogP contribution is -2.04. The van der Waals surface area contributed by atoms with Gasteiger partial charge in [-0.2, -0.15) is 0 Å². The third-order valence-electron chi connectivity index (χ3n) is 2.26. The predicted molar refractivity (Wildman–Crippen MR) is 61.5 cm³/mol. The highest BCUT2D eigenvalue weighted by Gasteiger charge is 2.14. The van der Waals surface area contributed by atoms with Crippen molar-refractivity contribution in [2.45, 2.75) is 6.92 Å². The van der Waals surface area contributed by atoms with Crippen LogP contribution >= 0.6 is 0 Å². The van der Waals surface area contributed by atoms with Crippen LogP contribution in [0.15, 0.2) is 24.4 Å². The summed E-state index contributed by atoms with van der Waals surface area (Å²) in [6.07, 6.45) is 0.921. The van der Waals surface area contributed by atoms with E-state index in [-0.39, 0.29) is 17.2 Å². The molecule has 0 radical (unpaired) electrons. The summed E-state index contributed by atoms with van der Waals surface area (Å²) in [5.41, 5.74) is -0.494. The van der Waals surface area contributed by atoms with Crippen LogP contribution in [0, 0.1) is 17.5 Å². The van der Waals surface area contributed by atoms with Crippen LogP contribution in [0.25, 0.3) is 11.3 Å². The van der Waals surface area contributed by atoms with Crippen molar-refractivity contribution in [2.75, 3.05) is 11.9 Å². The number of aromatic nitrogens is 2. The van der Waals surface area contributed by atoms with Crippen LogP contribution in [0.3, 0.4) is 0 Å². The SMILES string of the molecule is CCNc1ncc(F)c(-c2cc(F)ccc2F)n1. The number of benzene rings is 1. The first kappa shape index (κ1) is 12.3. The quantitative estimate of drug-likeness (QED) is 0.913. The maximum absolute atomic E-state index is 13.6. The van der Waals surface area contributed by atoms with Gasteiger partial charge in [0.2, 0.25) is 5.95 Å². The molecular weight excluding hydrogens is 243 g/mol. The summed E-state index contributed by atoms with van der Waals surface area (Å²) in [6.45, 7) is 2.35. The molecule has 0 bridgehead atoms. The Bertz CT molecular complexity index is 572. The smallest absolute Gasteiger partial charge is 0.223 e. The Labute approximate surface area is 102 Å². The van der Waals surface area contributed by atoms with Crippen LogP contribution < -0.4 is 5.32 Å². The fraction of sp³-hybridized carbons (Fsp3) is 0.167. The predicted octanol–water partition coefficient (Wildman–Crippen LogP) is 2.99. The highest BCUT2D eigenvalue weighted by atomic mass is 19.1. The zero-order valence-electron chi connectivity index (χ0n) is 9.54. The molecule has 0 aliphatic heterocycles. The van der Waals surface area contributed by atoms with Gasteiger partial charge in [0.15, 0.2) is 5.82 Å². The van der Waals surface area contributed by atoms with Crippen LogP contribution in [0.4, 0.5) is 19.1 Å². The van der Waals surface area contributed by atoms with E-state index in [4.69, 9.17) is 0 Å². The molecule has 1 N–H and O–H groups in total. The highest BCUT2D eigenvalue weighted by Crippen LogP contribution is 2.24. The lowest BCUT2D eigenvalue weighted by Gasteiger charge is -2.07. The van der Waals surface area contributed by atoms with Gasteiger partial charge in [-0.1, -0.05) is 0 Å². The molecule has 6 heteroatoms. The van der Waals surface area contributed by atoms with Gasteiger partial charge in [-0.05, 0) is 25.1 Å². The largest absolute Gasteiger partial charge is 0.354 e. The molecular formula is C12H10F3N3. The van der Waals surface area contributed by atoms with Gasteiger partial charge in [0.05, 0.1) is 6.20 Å². The summed E-state index contributed by atoms with van der Waals surface area (Å²) in [5, 5.41) is 2.77. The molecule has 0 aliphatic carbocycles. The molecule has 0 amide bonds. The van der Waals surface area contributed by atoms with Crippen LogP contribution in [-0.2, 0) is 0 Å². The van der Waals surface area contributed by atoms with Gasteiger partial charge < -0.3 is 5.32 Å². The second kappa shape index (κ2) is 5.03. The minimum Gasteiger partial charge on any atom is -0.354 e. The second-order valence-electron chi connectivity index (χ2n) is 3.54. The van der Waals surface area contributed by atoms with Crippen molar-refractivity contribution in [3.05, 3.63) is 41.8 Å². The van der Waals surface area contributed by atoms with Gasteiger partial charge in [-0.15, -0.1) is 0 Å². The normalized spacial score (nSPS) is 10.4. The van der Waals surface area contributed by atoms with Crippen LogP contribution in [0.2, 0.25) is 0 Å². The first-order chi connectivity index (χ1) is 8.61. The van der Waals surface area contributed by atoms with Crippen molar-refractivity contribution < 1.29 is 13.2 Å². The van der Waals surface area contributed by atoms with E-state index in [1.54, 1.807) is 0 Å². The van der Waals surface area contributed by atoms with E-state index in [2.05, 4.69) is 15.3 Å². The van der Waals surface area contributed by atoms with Crippen LogP contribution in [-0.4, -0.2) is 16.5 Å². The molecule has 3 nitrogen and oxygen atoms in total. The standard InChI is InChI=1S/C12H10F3N3/c1-2-16-12-17-6-10(15)11(18-12)8-5-7(13)3-4-9(8)14/h3-6H,2H2,1H3,(H,16,17,18). The van der Waals surface area contributed by atoms with E-state index >= 15 is 0 Å². The van der Waals surface area contributed by atoms with Gasteiger partial charge in [-0.25, -0.2) is 23.1 Å². The third-order valence-corrected chi connectivity index (χ3v) is 2.26. The van der Waals surface area contributed by atoms with Gasteiger partial charge in [-0.3, -0.25) is 0 Å². The van der Waals surface area contributed by atoms with Crippen LogP contribution in [0.1, 0.15) is 6.92 Å². The van der Waals surface area contributed by atoms with E-state index in [0.717, 1.165) is 24.4 Å². The first-order valence-electron chi connectivity index (χ1n) is 5.33. The summed E-state index contributed by atoms with van der Waals surface area (Å²) in [7, 11) is 0. The summed E-state index contributed by atoms with van der Waals surface area (Å²) >= 11 is 0. The molecule has 94 valence electrons. The van der Waals surface area contributed by atoms with E-state index in [1.165, 1.54) is 0 Å². The summed E-state index contributed by atoms with van der Waals surface area (Å²) in [5.74, 6) is -2.04. The number of halogens is 3. The molecule has 0 unspecified atom stereocenters. The fourth-order valence-corrected chi connectivity index (χ4v) is 1.48. The number of nitrogens with one attached hydrogen (secondary N) is 1. The molecule has 1 heterocycles. The molecule has 2 aromatic rings. The minimum atomic E-state index is -0.804. The summed E-state index contributed by atoms with van der Waals surface area (Å²) < 4.78 is 40.2. The third kappa shape index (κ3) is 2.42. The second-order valence-corrected chi connectivity index (χ2v) is 3.54. The van der Waals surface area contributed by atoms with Gasteiger partial charge in [0.1, 0.15) is 17.3 Å². The zero-order chi connectivity index (χ0) is 13.1. The summed E-state index contributed by atoms with van der Waals surface area (Å²) in [4.78, 5) is 7.52. The van der Waals surface area contributed by atoms with Crippen molar-refractivity contribution >= 4 is 5.95 Å². The highest BCUT2D eigenvalue weighted by molar-refractivity contribution is 5.61. The van der Waals surface area contributed by atoms with E-state index < -0.39 is 17.5 Å². The van der Waals surface area contributed by atoms with Crippen molar-refractivity contribution in [3.8, 4) is 11.3 Å². The fourth-order valence-electron chi connectivity index (χ4n) is 1.48. The van der Waals surface area contributed by atoms with E-state index in [9.17, 15) is 13.2 Å². The average molecular weight is 253 g/mol. The molecule has 1 aromatic heterocycles. The molecule has 18 heavy (non-hydrogen) atoms.